The SMILES string of the molecule is Cc1nn(-c2ccccc2)c2nc(C(=O)O)cc(-c3ccc(N4CC(C)(C)C4)cc3)c12. The van der Waals surface area contributed by atoms with Crippen LogP contribution < -0.4 is 4.90 Å². The average Bonchev–Trinajstić information content (AvgIpc) is 3.09. The highest BCUT2D eigenvalue weighted by Crippen LogP contribution is 2.36. The number of carboxylic acid groups (broad SMARTS) is 1. The monoisotopic (exact) mass is 412 g/mol. The van der Waals surface area contributed by atoms with E-state index in [4.69, 9.17) is 0 Å². The van der Waals surface area contributed by atoms with Crippen LogP contribution in [0.3, 0.4) is 0 Å². The van der Waals surface area contributed by atoms with E-state index in [9.17, 15) is 9.90 Å². The molecule has 5 rings (SSSR count). The first kappa shape index (κ1) is 19.3. The summed E-state index contributed by atoms with van der Waals surface area (Å²) in [7, 11) is 0. The van der Waals surface area contributed by atoms with Crippen molar-refractivity contribution >= 4 is 22.7 Å². The van der Waals surface area contributed by atoms with Crippen molar-refractivity contribution < 1.29 is 9.90 Å². The third kappa shape index (κ3) is 3.34. The molecule has 0 bridgehead atoms. The second-order valence-electron chi connectivity index (χ2n) is 8.96. The Balaban J connectivity index is 1.65. The van der Waals surface area contributed by atoms with Crippen LogP contribution in [0.4, 0.5) is 5.69 Å². The molecule has 0 aliphatic carbocycles. The van der Waals surface area contributed by atoms with Crippen LogP contribution in [0.2, 0.25) is 0 Å². The molecular weight excluding hydrogens is 388 g/mol. The van der Waals surface area contributed by atoms with Gasteiger partial charge in [0.1, 0.15) is 0 Å². The Bertz CT molecular complexity index is 1280. The third-order valence-corrected chi connectivity index (χ3v) is 5.81. The number of aromatic carboxylic acids is 1. The zero-order chi connectivity index (χ0) is 21.8. The van der Waals surface area contributed by atoms with E-state index in [0.717, 1.165) is 41.0 Å². The van der Waals surface area contributed by atoms with Crippen molar-refractivity contribution in [1.29, 1.82) is 0 Å². The molecule has 1 aliphatic heterocycles. The molecule has 1 aliphatic rings. The predicted molar refractivity (Wildman–Crippen MR) is 122 cm³/mol. The van der Waals surface area contributed by atoms with Gasteiger partial charge in [-0.3, -0.25) is 0 Å². The lowest BCUT2D eigenvalue weighted by Gasteiger charge is -2.47. The molecule has 0 spiro atoms. The molecule has 0 unspecified atom stereocenters. The summed E-state index contributed by atoms with van der Waals surface area (Å²) in [5, 5.41) is 15.2. The van der Waals surface area contributed by atoms with Gasteiger partial charge in [-0.05, 0) is 53.8 Å². The molecular formula is C25H24N4O2. The van der Waals surface area contributed by atoms with Crippen LogP contribution in [0.5, 0.6) is 0 Å². The topological polar surface area (TPSA) is 71.2 Å². The summed E-state index contributed by atoms with van der Waals surface area (Å²) in [5.41, 5.74) is 5.54. The number of aromatic nitrogens is 3. The maximum Gasteiger partial charge on any atom is 0.354 e. The van der Waals surface area contributed by atoms with Gasteiger partial charge in [-0.2, -0.15) is 5.10 Å². The standard InChI is InChI=1S/C25H24N4O2/c1-16-22-20(17-9-11-18(12-10-17)28-14-25(2,3)15-28)13-21(24(30)31)26-23(22)29(27-16)19-7-5-4-6-8-19/h4-13H,14-15H2,1-3H3,(H,30,31). The zero-order valence-corrected chi connectivity index (χ0v) is 17.8. The van der Waals surface area contributed by atoms with E-state index in [1.54, 1.807) is 10.7 Å². The molecule has 0 atom stereocenters. The quantitative estimate of drug-likeness (QED) is 0.514. The third-order valence-electron chi connectivity index (χ3n) is 5.81. The molecule has 2 aromatic heterocycles. The van der Waals surface area contributed by atoms with Crippen molar-refractivity contribution in [3.8, 4) is 16.8 Å². The largest absolute Gasteiger partial charge is 0.477 e. The summed E-state index contributed by atoms with van der Waals surface area (Å²) < 4.78 is 1.72. The minimum atomic E-state index is -1.05. The van der Waals surface area contributed by atoms with Crippen LogP contribution in [0.15, 0.2) is 60.7 Å². The van der Waals surface area contributed by atoms with Crippen LogP contribution >= 0.6 is 0 Å². The Labute approximate surface area is 180 Å². The number of hydrogen-bond donors (Lipinski definition) is 1. The number of benzene rings is 2. The molecule has 3 heterocycles. The van der Waals surface area contributed by atoms with Crippen molar-refractivity contribution in [2.45, 2.75) is 20.8 Å². The van der Waals surface area contributed by atoms with Gasteiger partial charge in [-0.25, -0.2) is 14.5 Å². The lowest BCUT2D eigenvalue weighted by molar-refractivity contribution is 0.0691. The molecule has 4 aromatic rings. The van der Waals surface area contributed by atoms with Gasteiger partial charge in [0.2, 0.25) is 0 Å². The van der Waals surface area contributed by atoms with E-state index in [1.165, 1.54) is 5.69 Å². The summed E-state index contributed by atoms with van der Waals surface area (Å²) in [6.07, 6.45) is 0. The first-order valence-corrected chi connectivity index (χ1v) is 10.4. The number of rotatable bonds is 4. The van der Waals surface area contributed by atoms with Gasteiger partial charge >= 0.3 is 5.97 Å². The van der Waals surface area contributed by atoms with Crippen molar-refractivity contribution in [2.75, 3.05) is 18.0 Å². The first-order chi connectivity index (χ1) is 14.8. The van der Waals surface area contributed by atoms with Gasteiger partial charge in [0.15, 0.2) is 11.3 Å². The number of nitrogens with zero attached hydrogens (tertiary/aromatic N) is 4. The Morgan fingerprint density at radius 2 is 1.68 bits per heavy atom. The second kappa shape index (κ2) is 6.94. The summed E-state index contributed by atoms with van der Waals surface area (Å²) in [4.78, 5) is 18.6. The number of carboxylic acids is 1. The second-order valence-corrected chi connectivity index (χ2v) is 8.96. The van der Waals surface area contributed by atoms with E-state index in [2.05, 4.69) is 53.1 Å². The van der Waals surface area contributed by atoms with Crippen molar-refractivity contribution in [3.63, 3.8) is 0 Å². The van der Waals surface area contributed by atoms with E-state index >= 15 is 0 Å². The van der Waals surface area contributed by atoms with Gasteiger partial charge in [0.25, 0.3) is 0 Å². The minimum Gasteiger partial charge on any atom is -0.477 e. The molecule has 1 N–H and O–H groups in total. The van der Waals surface area contributed by atoms with Crippen LogP contribution in [0.1, 0.15) is 30.0 Å². The number of carbonyl (C=O) groups is 1. The summed E-state index contributed by atoms with van der Waals surface area (Å²) in [6, 6.07) is 19.6. The minimum absolute atomic E-state index is 0.00755. The fourth-order valence-electron chi connectivity index (χ4n) is 4.40. The van der Waals surface area contributed by atoms with Crippen LogP contribution in [-0.4, -0.2) is 38.9 Å². The van der Waals surface area contributed by atoms with Crippen LogP contribution in [0, 0.1) is 12.3 Å². The van der Waals surface area contributed by atoms with Crippen LogP contribution in [0.25, 0.3) is 27.8 Å². The average molecular weight is 412 g/mol. The number of fused-ring (bicyclic) bond motifs is 1. The molecule has 6 heteroatoms. The van der Waals surface area contributed by atoms with Gasteiger partial charge in [-0.15, -0.1) is 0 Å². The molecule has 0 radical (unpaired) electrons. The van der Waals surface area contributed by atoms with Crippen molar-refractivity contribution in [1.82, 2.24) is 14.8 Å². The van der Waals surface area contributed by atoms with E-state index < -0.39 is 5.97 Å². The molecule has 1 saturated heterocycles. The van der Waals surface area contributed by atoms with Gasteiger partial charge < -0.3 is 10.0 Å². The highest BCUT2D eigenvalue weighted by molar-refractivity contribution is 6.00. The lowest BCUT2D eigenvalue weighted by atomic mass is 9.84. The Hall–Kier alpha value is -3.67. The maximum atomic E-state index is 11.8. The summed E-state index contributed by atoms with van der Waals surface area (Å²) in [5.74, 6) is -1.05. The molecule has 1 fully saturated rings. The Morgan fingerprint density at radius 3 is 2.29 bits per heavy atom. The Kier molecular flexibility index (Phi) is 4.32. The fraction of sp³-hybridized carbons (Fsp3) is 0.240. The normalized spacial score (nSPS) is 15.1. The molecule has 2 aromatic carbocycles. The summed E-state index contributed by atoms with van der Waals surface area (Å²) >= 11 is 0. The van der Waals surface area contributed by atoms with Crippen molar-refractivity contribution in [2.24, 2.45) is 5.41 Å². The summed E-state index contributed by atoms with van der Waals surface area (Å²) in [6.45, 7) is 8.55. The van der Waals surface area contributed by atoms with E-state index in [-0.39, 0.29) is 5.69 Å². The lowest BCUT2D eigenvalue weighted by Crippen LogP contribution is -2.53. The van der Waals surface area contributed by atoms with Crippen molar-refractivity contribution in [3.05, 3.63) is 72.1 Å². The first-order valence-electron chi connectivity index (χ1n) is 10.4. The zero-order valence-electron chi connectivity index (χ0n) is 17.8. The molecule has 31 heavy (non-hydrogen) atoms. The van der Waals surface area contributed by atoms with Gasteiger partial charge in [0.05, 0.1) is 16.8 Å². The predicted octanol–water partition coefficient (Wildman–Crippen LogP) is 4.94. The fourth-order valence-corrected chi connectivity index (χ4v) is 4.40. The maximum absolute atomic E-state index is 11.8. The van der Waals surface area contributed by atoms with E-state index in [1.807, 2.05) is 37.3 Å². The number of pyridine rings is 1. The Morgan fingerprint density at radius 1 is 1.00 bits per heavy atom. The number of aryl methyl sites for hydroxylation is 1. The van der Waals surface area contributed by atoms with E-state index in [0.29, 0.717) is 11.1 Å². The molecule has 0 saturated carbocycles. The van der Waals surface area contributed by atoms with Gasteiger partial charge in [0, 0.05) is 18.8 Å². The highest BCUT2D eigenvalue weighted by Gasteiger charge is 2.34. The number of anilines is 1. The molecule has 6 nitrogen and oxygen atoms in total. The van der Waals surface area contributed by atoms with Gasteiger partial charge in [-0.1, -0.05) is 44.2 Å². The molecule has 156 valence electrons. The highest BCUT2D eigenvalue weighted by atomic mass is 16.4. The van der Waals surface area contributed by atoms with Crippen LogP contribution in [-0.2, 0) is 0 Å². The molecule has 0 amide bonds. The number of para-hydroxylation sites is 1. The number of hydrogen-bond acceptors (Lipinski definition) is 4. The smallest absolute Gasteiger partial charge is 0.354 e.